The monoisotopic (exact) mass is 700 g/mol. The molecule has 0 saturated carbocycles. The molecule has 7 aromatic carbocycles. The van der Waals surface area contributed by atoms with Crippen molar-refractivity contribution < 1.29 is 0 Å². The summed E-state index contributed by atoms with van der Waals surface area (Å²) in [7, 11) is 0. The van der Waals surface area contributed by atoms with Crippen LogP contribution in [-0.4, -0.2) is 19.9 Å². The molecule has 0 bridgehead atoms. The van der Waals surface area contributed by atoms with Crippen LogP contribution in [0.5, 0.6) is 0 Å². The summed E-state index contributed by atoms with van der Waals surface area (Å²) in [6.45, 7) is 0. The molecule has 3 aromatic heterocycles. The lowest BCUT2D eigenvalue weighted by Gasteiger charge is -2.11. The van der Waals surface area contributed by atoms with E-state index in [2.05, 4.69) is 140 Å². The molecule has 244 valence electrons. The molecule has 0 aliphatic rings. The van der Waals surface area contributed by atoms with Gasteiger partial charge in [0.05, 0.1) is 10.2 Å². The molecule has 0 unspecified atom stereocenters. The minimum atomic E-state index is 0.641. The minimum Gasteiger partial charge on any atom is -0.236 e. The van der Waals surface area contributed by atoms with Gasteiger partial charge < -0.3 is 0 Å². The Bertz CT molecular complexity index is 2880. The molecule has 10 rings (SSSR count). The summed E-state index contributed by atoms with van der Waals surface area (Å²) in [5, 5.41) is 3.38. The maximum Gasteiger partial charge on any atom is 0.164 e. The van der Waals surface area contributed by atoms with Crippen molar-refractivity contribution in [2.45, 2.75) is 0 Å². The molecule has 3 heterocycles. The Labute approximate surface area is 308 Å². The molecule has 0 aliphatic heterocycles. The molecule has 0 radical (unpaired) electrons. The molecule has 0 N–H and O–H groups in total. The first-order chi connectivity index (χ1) is 25.7. The van der Waals surface area contributed by atoms with Crippen molar-refractivity contribution in [3.05, 3.63) is 170 Å². The van der Waals surface area contributed by atoms with Gasteiger partial charge in [-0.25, -0.2) is 19.9 Å². The maximum absolute atomic E-state index is 5.22. The van der Waals surface area contributed by atoms with Crippen molar-refractivity contribution in [2.75, 3.05) is 0 Å². The second-order valence-electron chi connectivity index (χ2n) is 12.6. The van der Waals surface area contributed by atoms with Gasteiger partial charge in [-0.15, -0.1) is 22.7 Å². The maximum atomic E-state index is 5.22. The Kier molecular flexibility index (Phi) is 7.48. The van der Waals surface area contributed by atoms with Crippen LogP contribution in [0, 0.1) is 0 Å². The molecular weight excluding hydrogens is 673 g/mol. The van der Waals surface area contributed by atoms with Crippen LogP contribution >= 0.6 is 22.7 Å². The number of benzene rings is 7. The van der Waals surface area contributed by atoms with E-state index >= 15 is 0 Å². The smallest absolute Gasteiger partial charge is 0.164 e. The molecule has 0 fully saturated rings. The lowest BCUT2D eigenvalue weighted by Crippen LogP contribution is -2.00. The van der Waals surface area contributed by atoms with Crippen LogP contribution in [0.15, 0.2) is 170 Å². The molecular formula is C46H28N4S2. The Morgan fingerprint density at radius 2 is 0.827 bits per heavy atom. The Morgan fingerprint density at radius 1 is 0.308 bits per heavy atom. The lowest BCUT2D eigenvalue weighted by atomic mass is 9.96. The molecule has 0 amide bonds. The average Bonchev–Trinajstić information content (AvgIpc) is 3.84. The van der Waals surface area contributed by atoms with E-state index in [-0.39, 0.29) is 0 Å². The summed E-state index contributed by atoms with van der Waals surface area (Å²) in [5.41, 5.74) is 9.60. The van der Waals surface area contributed by atoms with Crippen molar-refractivity contribution in [2.24, 2.45) is 0 Å². The molecule has 10 aromatic rings. The fraction of sp³-hybridized carbons (Fsp3) is 0. The largest absolute Gasteiger partial charge is 0.236 e. The third kappa shape index (κ3) is 5.46. The van der Waals surface area contributed by atoms with Gasteiger partial charge >= 0.3 is 0 Å². The minimum absolute atomic E-state index is 0.641. The molecule has 6 heteroatoms. The van der Waals surface area contributed by atoms with Gasteiger partial charge in [0, 0.05) is 42.4 Å². The van der Waals surface area contributed by atoms with E-state index in [1.54, 1.807) is 22.7 Å². The first-order valence-electron chi connectivity index (χ1n) is 17.1. The second kappa shape index (κ2) is 12.8. The van der Waals surface area contributed by atoms with Gasteiger partial charge in [0.2, 0.25) is 0 Å². The van der Waals surface area contributed by atoms with Crippen LogP contribution in [0.1, 0.15) is 0 Å². The van der Waals surface area contributed by atoms with Crippen LogP contribution in [0.25, 0.3) is 97.4 Å². The highest BCUT2D eigenvalue weighted by molar-refractivity contribution is 7.26. The normalized spacial score (nSPS) is 11.5. The quantitative estimate of drug-likeness (QED) is 0.173. The molecule has 52 heavy (non-hydrogen) atoms. The summed E-state index contributed by atoms with van der Waals surface area (Å²) in [6.07, 6.45) is 0. The Balaban J connectivity index is 1.17. The number of hydrogen-bond acceptors (Lipinski definition) is 6. The predicted octanol–water partition coefficient (Wildman–Crippen LogP) is 12.9. The van der Waals surface area contributed by atoms with Crippen molar-refractivity contribution >= 4 is 53.1 Å². The van der Waals surface area contributed by atoms with Crippen LogP contribution in [0.3, 0.4) is 0 Å². The SMILES string of the molecule is c1ccc(-c2cccc(-c3nc(-c4ccccc4)nc(-c4cccc5sc6cccc(-c7cccc(-c8nc9ccccc9s8)c7)c6c45)n3)c2)cc1. The van der Waals surface area contributed by atoms with Gasteiger partial charge in [-0.3, -0.25) is 0 Å². The third-order valence-electron chi connectivity index (χ3n) is 9.37. The summed E-state index contributed by atoms with van der Waals surface area (Å²) >= 11 is 3.53. The number of rotatable bonds is 6. The number of fused-ring (bicyclic) bond motifs is 4. The van der Waals surface area contributed by atoms with E-state index in [9.17, 15) is 0 Å². The van der Waals surface area contributed by atoms with Gasteiger partial charge in [-0.1, -0.05) is 133 Å². The number of para-hydroxylation sites is 1. The van der Waals surface area contributed by atoms with Crippen LogP contribution in [0.2, 0.25) is 0 Å². The summed E-state index contributed by atoms with van der Waals surface area (Å²) < 4.78 is 3.60. The Morgan fingerprint density at radius 3 is 1.60 bits per heavy atom. The van der Waals surface area contributed by atoms with Crippen LogP contribution in [0.4, 0.5) is 0 Å². The number of hydrogen-bond donors (Lipinski definition) is 0. The number of nitrogens with zero attached hydrogens (tertiary/aromatic N) is 4. The van der Waals surface area contributed by atoms with E-state index in [0.717, 1.165) is 54.9 Å². The molecule has 4 nitrogen and oxygen atoms in total. The summed E-state index contributed by atoms with van der Waals surface area (Å²) in [6, 6.07) is 59.2. The molecule has 0 saturated heterocycles. The Hall–Kier alpha value is -6.34. The fourth-order valence-corrected chi connectivity index (χ4v) is 9.04. The standard InChI is InChI=1S/C46H28N4S2/c1-3-13-29(14-4-1)31-17-9-19-33(27-31)44-48-43(30-15-5-2-6-16-30)49-45(50-44)36-22-12-26-40-42(36)41-35(21-11-25-39(41)51-40)32-18-10-20-34(28-32)46-47-37-23-7-8-24-38(37)52-46/h1-28H. The molecule has 0 aliphatic carbocycles. The highest BCUT2D eigenvalue weighted by Gasteiger charge is 2.19. The van der Waals surface area contributed by atoms with Gasteiger partial charge in [0.1, 0.15) is 5.01 Å². The summed E-state index contributed by atoms with van der Waals surface area (Å²) in [5.74, 6) is 1.94. The first-order valence-corrected chi connectivity index (χ1v) is 18.8. The van der Waals surface area contributed by atoms with Crippen molar-refractivity contribution in [1.82, 2.24) is 19.9 Å². The fourth-order valence-electron chi connectivity index (χ4n) is 6.92. The van der Waals surface area contributed by atoms with E-state index < -0.39 is 0 Å². The zero-order valence-electron chi connectivity index (χ0n) is 27.8. The number of thiophene rings is 1. The van der Waals surface area contributed by atoms with Crippen molar-refractivity contribution in [3.8, 4) is 67.0 Å². The summed E-state index contributed by atoms with van der Waals surface area (Å²) in [4.78, 5) is 20.4. The zero-order chi connectivity index (χ0) is 34.4. The molecule has 0 spiro atoms. The van der Waals surface area contributed by atoms with Crippen LogP contribution < -0.4 is 0 Å². The van der Waals surface area contributed by atoms with E-state index in [4.69, 9.17) is 19.9 Å². The highest BCUT2D eigenvalue weighted by Crippen LogP contribution is 2.45. The van der Waals surface area contributed by atoms with Crippen LogP contribution in [-0.2, 0) is 0 Å². The van der Waals surface area contributed by atoms with Crippen molar-refractivity contribution in [3.63, 3.8) is 0 Å². The number of aromatic nitrogens is 4. The second-order valence-corrected chi connectivity index (χ2v) is 14.8. The van der Waals surface area contributed by atoms with Gasteiger partial charge in [0.25, 0.3) is 0 Å². The zero-order valence-corrected chi connectivity index (χ0v) is 29.4. The topological polar surface area (TPSA) is 51.6 Å². The highest BCUT2D eigenvalue weighted by atomic mass is 32.1. The van der Waals surface area contributed by atoms with E-state index in [1.165, 1.54) is 25.0 Å². The number of thiazole rings is 1. The average molecular weight is 701 g/mol. The van der Waals surface area contributed by atoms with E-state index in [0.29, 0.717) is 17.5 Å². The van der Waals surface area contributed by atoms with Gasteiger partial charge in [-0.2, -0.15) is 0 Å². The van der Waals surface area contributed by atoms with Gasteiger partial charge in [-0.05, 0) is 58.7 Å². The lowest BCUT2D eigenvalue weighted by molar-refractivity contribution is 1.08. The third-order valence-corrected chi connectivity index (χ3v) is 11.6. The molecule has 0 atom stereocenters. The van der Waals surface area contributed by atoms with Gasteiger partial charge in [0.15, 0.2) is 17.5 Å². The van der Waals surface area contributed by atoms with E-state index in [1.807, 2.05) is 30.3 Å². The first kappa shape index (κ1) is 30.5. The van der Waals surface area contributed by atoms with Crippen molar-refractivity contribution in [1.29, 1.82) is 0 Å². The predicted molar refractivity (Wildman–Crippen MR) is 219 cm³/mol.